The first-order valence-electron chi connectivity index (χ1n) is 5.63. The molecule has 20 heavy (non-hydrogen) atoms. The van der Waals surface area contributed by atoms with E-state index >= 15 is 0 Å². The molecule has 0 aliphatic rings. The Bertz CT molecular complexity index is 668. The van der Waals surface area contributed by atoms with Gasteiger partial charge in [-0.05, 0) is 18.2 Å². The van der Waals surface area contributed by atoms with E-state index < -0.39 is 17.6 Å². The molecule has 0 saturated carbocycles. The van der Waals surface area contributed by atoms with Gasteiger partial charge in [-0.3, -0.25) is 14.3 Å². The average Bonchev–Trinajstić information content (AvgIpc) is 2.82. The fourth-order valence-corrected chi connectivity index (χ4v) is 1.55. The third kappa shape index (κ3) is 3.10. The van der Waals surface area contributed by atoms with Gasteiger partial charge < -0.3 is 16.8 Å². The van der Waals surface area contributed by atoms with E-state index in [0.717, 1.165) is 6.07 Å². The van der Waals surface area contributed by atoms with Gasteiger partial charge in [-0.1, -0.05) is 0 Å². The maximum atomic E-state index is 13.4. The third-order valence-corrected chi connectivity index (χ3v) is 2.49. The predicted molar refractivity (Wildman–Crippen MR) is 70.2 cm³/mol. The lowest BCUT2D eigenvalue weighted by molar-refractivity contribution is -0.116. The van der Waals surface area contributed by atoms with Crippen molar-refractivity contribution in [2.45, 2.75) is 6.54 Å². The number of nitrogens with zero attached hydrogens (tertiary/aromatic N) is 2. The molecule has 2 amide bonds. The molecule has 1 aromatic heterocycles. The summed E-state index contributed by atoms with van der Waals surface area (Å²) in [6.07, 6.45) is 2.58. The molecule has 2 aromatic rings. The maximum Gasteiger partial charge on any atom is 0.251 e. The highest BCUT2D eigenvalue weighted by atomic mass is 19.1. The molecule has 2 rings (SSSR count). The summed E-state index contributed by atoms with van der Waals surface area (Å²) in [5, 5.41) is 6.16. The summed E-state index contributed by atoms with van der Waals surface area (Å²) in [6, 6.07) is 3.85. The molecule has 0 radical (unpaired) electrons. The fourth-order valence-electron chi connectivity index (χ4n) is 1.55. The third-order valence-electron chi connectivity index (χ3n) is 2.49. The average molecular weight is 277 g/mol. The molecule has 0 spiro atoms. The summed E-state index contributed by atoms with van der Waals surface area (Å²) in [4.78, 5) is 22.6. The Labute approximate surface area is 113 Å². The Morgan fingerprint density at radius 3 is 2.80 bits per heavy atom. The second kappa shape index (κ2) is 5.39. The number of benzene rings is 1. The number of rotatable bonds is 4. The number of nitrogens with two attached hydrogens (primary N) is 2. The molecule has 0 fully saturated rings. The molecule has 0 aliphatic carbocycles. The molecule has 5 N–H and O–H groups in total. The van der Waals surface area contributed by atoms with Gasteiger partial charge in [0, 0.05) is 11.9 Å². The van der Waals surface area contributed by atoms with Gasteiger partial charge >= 0.3 is 0 Å². The van der Waals surface area contributed by atoms with Crippen molar-refractivity contribution in [2.75, 3.05) is 11.1 Å². The Morgan fingerprint density at radius 2 is 2.15 bits per heavy atom. The first-order chi connectivity index (χ1) is 9.45. The van der Waals surface area contributed by atoms with Crippen molar-refractivity contribution in [1.82, 2.24) is 9.78 Å². The van der Waals surface area contributed by atoms with Crippen LogP contribution in [0.5, 0.6) is 0 Å². The summed E-state index contributed by atoms with van der Waals surface area (Å²) in [5.74, 6) is -1.74. The molecule has 7 nitrogen and oxygen atoms in total. The molecule has 0 bridgehead atoms. The number of nitrogen functional groups attached to an aromatic ring is 1. The molecule has 1 aromatic carbocycles. The standard InChI is InChI=1S/C12H12FN5O2/c13-9-2-1-8(14)3-10(9)17-11(19)6-18-5-7(4-16-18)12(15)20/h1-5H,6,14H2,(H2,15,20)(H,17,19). The molecule has 104 valence electrons. The van der Waals surface area contributed by atoms with Gasteiger partial charge in [0.05, 0.1) is 17.4 Å². The van der Waals surface area contributed by atoms with Gasteiger partial charge in [0.15, 0.2) is 0 Å². The SMILES string of the molecule is NC(=O)c1cnn(CC(=O)Nc2cc(N)ccc2F)c1. The Kier molecular flexibility index (Phi) is 3.65. The molecule has 0 saturated heterocycles. The zero-order valence-corrected chi connectivity index (χ0v) is 10.3. The van der Waals surface area contributed by atoms with Crippen molar-refractivity contribution in [3.05, 3.63) is 42.0 Å². The van der Waals surface area contributed by atoms with Crippen LogP contribution in [0, 0.1) is 5.82 Å². The van der Waals surface area contributed by atoms with Crippen LogP contribution in [0.3, 0.4) is 0 Å². The summed E-state index contributed by atoms with van der Waals surface area (Å²) in [7, 11) is 0. The van der Waals surface area contributed by atoms with Gasteiger partial charge in [-0.25, -0.2) is 4.39 Å². The van der Waals surface area contributed by atoms with Gasteiger partial charge in [0.1, 0.15) is 12.4 Å². The minimum absolute atomic E-state index is 0.0164. The number of primary amides is 1. The molecular formula is C12H12FN5O2. The van der Waals surface area contributed by atoms with Crippen LogP contribution in [0.1, 0.15) is 10.4 Å². The van der Waals surface area contributed by atoms with E-state index in [1.807, 2.05) is 0 Å². The minimum atomic E-state index is -0.640. The quantitative estimate of drug-likeness (QED) is 0.699. The lowest BCUT2D eigenvalue weighted by atomic mass is 10.2. The molecule has 0 aliphatic heterocycles. The number of aromatic nitrogens is 2. The number of hydrogen-bond donors (Lipinski definition) is 3. The van der Waals surface area contributed by atoms with Crippen LogP contribution in [-0.2, 0) is 11.3 Å². The molecule has 8 heteroatoms. The van der Waals surface area contributed by atoms with Crippen molar-refractivity contribution in [1.29, 1.82) is 0 Å². The van der Waals surface area contributed by atoms with Crippen molar-refractivity contribution in [3.63, 3.8) is 0 Å². The first-order valence-corrected chi connectivity index (χ1v) is 5.63. The second-order valence-corrected chi connectivity index (χ2v) is 4.08. The number of carbonyl (C=O) groups excluding carboxylic acids is 2. The number of halogens is 1. The van der Waals surface area contributed by atoms with Crippen molar-refractivity contribution in [2.24, 2.45) is 5.73 Å². The normalized spacial score (nSPS) is 10.2. The minimum Gasteiger partial charge on any atom is -0.399 e. The molecule has 0 atom stereocenters. The van der Waals surface area contributed by atoms with Crippen molar-refractivity contribution < 1.29 is 14.0 Å². The Morgan fingerprint density at radius 1 is 1.40 bits per heavy atom. The lowest BCUT2D eigenvalue weighted by Gasteiger charge is -2.07. The first kappa shape index (κ1) is 13.5. The summed E-state index contributed by atoms with van der Waals surface area (Å²) in [5.41, 5.74) is 11.1. The lowest BCUT2D eigenvalue weighted by Crippen LogP contribution is -2.20. The zero-order chi connectivity index (χ0) is 14.7. The largest absolute Gasteiger partial charge is 0.399 e. The molecule has 0 unspecified atom stereocenters. The number of nitrogens with one attached hydrogen (secondary N) is 1. The summed E-state index contributed by atoms with van der Waals surface area (Å²) < 4.78 is 14.6. The number of anilines is 2. The van der Waals surface area contributed by atoms with Gasteiger partial charge in [0.25, 0.3) is 5.91 Å². The smallest absolute Gasteiger partial charge is 0.251 e. The Hall–Kier alpha value is -2.90. The molecule has 1 heterocycles. The predicted octanol–water partition coefficient (Wildman–Crippen LogP) is 0.342. The van der Waals surface area contributed by atoms with Crippen molar-refractivity contribution >= 4 is 23.2 Å². The monoisotopic (exact) mass is 277 g/mol. The maximum absolute atomic E-state index is 13.4. The number of amides is 2. The summed E-state index contributed by atoms with van der Waals surface area (Å²) >= 11 is 0. The van der Waals surface area contributed by atoms with E-state index in [9.17, 15) is 14.0 Å². The number of hydrogen-bond acceptors (Lipinski definition) is 4. The van der Waals surface area contributed by atoms with E-state index in [1.165, 1.54) is 29.2 Å². The van der Waals surface area contributed by atoms with Crippen LogP contribution in [0.4, 0.5) is 15.8 Å². The number of carbonyl (C=O) groups is 2. The van der Waals surface area contributed by atoms with Crippen LogP contribution < -0.4 is 16.8 Å². The fraction of sp³-hybridized carbons (Fsp3) is 0.0833. The van der Waals surface area contributed by atoms with E-state index in [0.29, 0.717) is 5.69 Å². The van der Waals surface area contributed by atoms with Crippen LogP contribution in [0.2, 0.25) is 0 Å². The van der Waals surface area contributed by atoms with Gasteiger partial charge in [0.2, 0.25) is 5.91 Å². The summed E-state index contributed by atoms with van der Waals surface area (Å²) in [6.45, 7) is -0.179. The van der Waals surface area contributed by atoms with Crippen molar-refractivity contribution in [3.8, 4) is 0 Å². The van der Waals surface area contributed by atoms with Crippen LogP contribution in [0.25, 0.3) is 0 Å². The highest BCUT2D eigenvalue weighted by Crippen LogP contribution is 2.17. The second-order valence-electron chi connectivity index (χ2n) is 4.08. The van der Waals surface area contributed by atoms with Crippen LogP contribution in [-0.4, -0.2) is 21.6 Å². The van der Waals surface area contributed by atoms with Gasteiger partial charge in [-0.15, -0.1) is 0 Å². The highest BCUT2D eigenvalue weighted by Gasteiger charge is 2.10. The van der Waals surface area contributed by atoms with Crippen LogP contribution in [0.15, 0.2) is 30.6 Å². The zero-order valence-electron chi connectivity index (χ0n) is 10.3. The molecular weight excluding hydrogens is 265 g/mol. The Balaban J connectivity index is 2.05. The van der Waals surface area contributed by atoms with E-state index in [1.54, 1.807) is 0 Å². The topological polar surface area (TPSA) is 116 Å². The van der Waals surface area contributed by atoms with Gasteiger partial charge in [-0.2, -0.15) is 5.10 Å². The van der Waals surface area contributed by atoms with E-state index in [4.69, 9.17) is 11.5 Å². The van der Waals surface area contributed by atoms with E-state index in [2.05, 4.69) is 10.4 Å². The highest BCUT2D eigenvalue weighted by molar-refractivity contribution is 5.93. The van der Waals surface area contributed by atoms with Crippen LogP contribution >= 0.6 is 0 Å². The van der Waals surface area contributed by atoms with E-state index in [-0.39, 0.29) is 17.8 Å².